The van der Waals surface area contributed by atoms with Gasteiger partial charge in [-0.3, -0.25) is 0 Å². The molecule has 0 unspecified atom stereocenters. The molecule has 1 aromatic heterocycles. The van der Waals surface area contributed by atoms with Gasteiger partial charge in [-0.1, -0.05) is 5.21 Å². The second-order valence-corrected chi connectivity index (χ2v) is 6.66. The van der Waals surface area contributed by atoms with Gasteiger partial charge in [0.25, 0.3) is 10.0 Å². The van der Waals surface area contributed by atoms with Crippen molar-refractivity contribution in [2.75, 3.05) is 40.5 Å². The summed E-state index contributed by atoms with van der Waals surface area (Å²) in [6.07, 6.45) is 0.600. The number of halogens is 1. The molecule has 10 heteroatoms. The predicted molar refractivity (Wildman–Crippen MR) is 75.8 cm³/mol. The number of aryl methyl sites for hydroxylation is 1. The molecule has 0 fully saturated rings. The molecule has 0 atom stereocenters. The van der Waals surface area contributed by atoms with Crippen LogP contribution in [-0.2, 0) is 26.5 Å². The highest BCUT2D eigenvalue weighted by Crippen LogP contribution is 2.22. The molecule has 0 aromatic carbocycles. The smallest absolute Gasteiger partial charge is 0.263 e. The lowest BCUT2D eigenvalue weighted by molar-refractivity contribution is 0.164. The highest BCUT2D eigenvalue weighted by Gasteiger charge is 2.30. The first-order chi connectivity index (χ1) is 9.45. The number of aromatic nitrogens is 3. The van der Waals surface area contributed by atoms with Gasteiger partial charge < -0.3 is 9.47 Å². The second-order valence-electron chi connectivity index (χ2n) is 4.05. The molecule has 1 rings (SSSR count). The summed E-state index contributed by atoms with van der Waals surface area (Å²) in [6.45, 7) is 1.41. The maximum absolute atomic E-state index is 12.6. The van der Waals surface area contributed by atoms with Crippen LogP contribution in [0.5, 0.6) is 0 Å². The van der Waals surface area contributed by atoms with Crippen LogP contribution in [0.2, 0.25) is 0 Å². The van der Waals surface area contributed by atoms with Gasteiger partial charge in [0.1, 0.15) is 0 Å². The molecule has 0 aliphatic heterocycles. The average Bonchev–Trinajstić information content (AvgIpc) is 2.73. The van der Waals surface area contributed by atoms with Crippen LogP contribution in [0, 0.1) is 0 Å². The van der Waals surface area contributed by atoms with Crippen LogP contribution in [0.3, 0.4) is 0 Å². The Bertz CT molecular complexity index is 500. The fraction of sp³-hybridized carbons (Fsp3) is 0.800. The summed E-state index contributed by atoms with van der Waals surface area (Å²) in [5.41, 5.74) is 0. The zero-order valence-corrected chi connectivity index (χ0v) is 14.1. The second kappa shape index (κ2) is 8.03. The summed E-state index contributed by atoms with van der Waals surface area (Å²) < 4.78 is 38.0. The van der Waals surface area contributed by atoms with Crippen LogP contribution < -0.4 is 0 Å². The number of methoxy groups -OCH3 is 2. The van der Waals surface area contributed by atoms with E-state index in [1.165, 1.54) is 23.1 Å². The van der Waals surface area contributed by atoms with E-state index in [4.69, 9.17) is 9.47 Å². The third kappa shape index (κ3) is 4.22. The van der Waals surface area contributed by atoms with Gasteiger partial charge in [-0.25, -0.2) is 13.1 Å². The third-order valence-corrected chi connectivity index (χ3v) is 5.41. The van der Waals surface area contributed by atoms with Crippen LogP contribution in [0.15, 0.2) is 9.63 Å². The minimum atomic E-state index is -3.68. The Balaban J connectivity index is 2.98. The van der Waals surface area contributed by atoms with E-state index in [9.17, 15) is 8.42 Å². The van der Waals surface area contributed by atoms with Crippen molar-refractivity contribution < 1.29 is 17.9 Å². The first-order valence-electron chi connectivity index (χ1n) is 5.98. The number of ether oxygens (including phenoxy) is 2. The lowest BCUT2D eigenvalue weighted by Crippen LogP contribution is -2.36. The van der Waals surface area contributed by atoms with Gasteiger partial charge in [-0.05, 0) is 22.4 Å². The van der Waals surface area contributed by atoms with Crippen LogP contribution in [0.25, 0.3) is 0 Å². The van der Waals surface area contributed by atoms with E-state index in [1.54, 1.807) is 7.11 Å². The molecule has 0 radical (unpaired) electrons. The van der Waals surface area contributed by atoms with E-state index < -0.39 is 10.0 Å². The van der Waals surface area contributed by atoms with E-state index in [0.29, 0.717) is 26.2 Å². The Morgan fingerprint density at radius 2 is 1.90 bits per heavy atom. The maximum Gasteiger partial charge on any atom is 0.263 e. The van der Waals surface area contributed by atoms with Gasteiger partial charge in [0, 0.05) is 41.0 Å². The topological polar surface area (TPSA) is 86.6 Å². The lowest BCUT2D eigenvalue weighted by Gasteiger charge is -2.21. The first-order valence-corrected chi connectivity index (χ1v) is 8.21. The summed E-state index contributed by atoms with van der Waals surface area (Å²) in [5, 5.41) is 7.44. The van der Waals surface area contributed by atoms with Crippen molar-refractivity contribution in [3.05, 3.63) is 4.60 Å². The van der Waals surface area contributed by atoms with Crippen LogP contribution in [0.1, 0.15) is 6.42 Å². The first kappa shape index (κ1) is 17.5. The van der Waals surface area contributed by atoms with Crippen LogP contribution in [-0.4, -0.2) is 68.2 Å². The minimum absolute atomic E-state index is 0.0334. The summed E-state index contributed by atoms with van der Waals surface area (Å²) in [5.74, 6) is 0. The molecular weight excluding hydrogens is 352 g/mol. The maximum atomic E-state index is 12.6. The van der Waals surface area contributed by atoms with E-state index in [1.807, 2.05) is 0 Å². The molecule has 0 spiro atoms. The van der Waals surface area contributed by atoms with Crippen molar-refractivity contribution in [2.24, 2.45) is 7.05 Å². The molecule has 8 nitrogen and oxygen atoms in total. The molecule has 0 saturated heterocycles. The van der Waals surface area contributed by atoms with Gasteiger partial charge >= 0.3 is 0 Å². The zero-order chi connectivity index (χ0) is 15.2. The summed E-state index contributed by atoms with van der Waals surface area (Å²) >= 11 is 3.12. The van der Waals surface area contributed by atoms with Crippen molar-refractivity contribution in [3.8, 4) is 0 Å². The van der Waals surface area contributed by atoms with Gasteiger partial charge in [0.2, 0.25) is 5.03 Å². The lowest BCUT2D eigenvalue weighted by atomic mass is 10.4. The Labute approximate surface area is 127 Å². The highest BCUT2D eigenvalue weighted by molar-refractivity contribution is 9.10. The van der Waals surface area contributed by atoms with Crippen molar-refractivity contribution in [1.82, 2.24) is 19.3 Å². The van der Waals surface area contributed by atoms with Crippen LogP contribution >= 0.6 is 15.9 Å². The van der Waals surface area contributed by atoms with E-state index in [2.05, 4.69) is 26.2 Å². The van der Waals surface area contributed by atoms with Gasteiger partial charge in [-0.2, -0.15) is 4.31 Å². The van der Waals surface area contributed by atoms with Crippen LogP contribution in [0.4, 0.5) is 0 Å². The van der Waals surface area contributed by atoms with Gasteiger partial charge in [0.05, 0.1) is 6.61 Å². The summed E-state index contributed by atoms with van der Waals surface area (Å²) in [6, 6.07) is 0. The Hall–Kier alpha value is -0.550. The highest BCUT2D eigenvalue weighted by atomic mass is 79.9. The Kier molecular flexibility index (Phi) is 7.03. The summed E-state index contributed by atoms with van der Waals surface area (Å²) in [4.78, 5) is 0. The minimum Gasteiger partial charge on any atom is -0.385 e. The fourth-order valence-electron chi connectivity index (χ4n) is 1.65. The molecule has 0 saturated carbocycles. The number of sulfonamides is 1. The Morgan fingerprint density at radius 1 is 1.25 bits per heavy atom. The normalized spacial score (nSPS) is 12.2. The number of rotatable bonds is 9. The molecule has 20 heavy (non-hydrogen) atoms. The molecule has 1 aromatic rings. The van der Waals surface area contributed by atoms with E-state index in [0.717, 1.165) is 0 Å². The largest absolute Gasteiger partial charge is 0.385 e. The number of hydrogen-bond donors (Lipinski definition) is 0. The average molecular weight is 371 g/mol. The molecule has 0 bridgehead atoms. The Morgan fingerprint density at radius 3 is 2.40 bits per heavy atom. The monoisotopic (exact) mass is 370 g/mol. The van der Waals surface area contributed by atoms with E-state index >= 15 is 0 Å². The van der Waals surface area contributed by atoms with E-state index in [-0.39, 0.29) is 16.2 Å². The fourth-order valence-corrected chi connectivity index (χ4v) is 4.14. The molecular formula is C10H19BrN4O4S. The molecule has 0 aliphatic carbocycles. The predicted octanol–water partition coefficient (Wildman–Crippen LogP) is 0.251. The van der Waals surface area contributed by atoms with Gasteiger partial charge in [0.15, 0.2) is 4.60 Å². The molecule has 0 amide bonds. The number of nitrogens with zero attached hydrogens (tertiary/aromatic N) is 4. The quantitative estimate of drug-likeness (QED) is 0.579. The third-order valence-electron chi connectivity index (χ3n) is 2.62. The standard InChI is InChI=1S/C10H19BrN4O4S/c1-14-10(9(11)12-13-14)20(16,17)15(6-8-19-3)5-4-7-18-2/h4-8H2,1-3H3. The zero-order valence-electron chi connectivity index (χ0n) is 11.7. The SMILES string of the molecule is COCCCN(CCOC)S(=O)(=O)c1c(Br)nnn1C. The van der Waals surface area contributed by atoms with Crippen molar-refractivity contribution in [3.63, 3.8) is 0 Å². The van der Waals surface area contributed by atoms with Crippen molar-refractivity contribution in [1.29, 1.82) is 0 Å². The molecule has 0 aliphatic rings. The molecule has 116 valence electrons. The number of hydrogen-bond acceptors (Lipinski definition) is 6. The summed E-state index contributed by atoms with van der Waals surface area (Å²) in [7, 11) is 0.961. The van der Waals surface area contributed by atoms with Crippen molar-refractivity contribution in [2.45, 2.75) is 11.4 Å². The van der Waals surface area contributed by atoms with Gasteiger partial charge in [-0.15, -0.1) is 5.10 Å². The molecule has 1 heterocycles. The van der Waals surface area contributed by atoms with Crippen molar-refractivity contribution >= 4 is 26.0 Å². The molecule has 0 N–H and O–H groups in total.